The van der Waals surface area contributed by atoms with Gasteiger partial charge in [0, 0.05) is 32.6 Å². The fourth-order valence-corrected chi connectivity index (χ4v) is 2.62. The largest absolute Gasteiger partial charge is 0.390 e. The van der Waals surface area contributed by atoms with E-state index in [4.69, 9.17) is 0 Å². The quantitative estimate of drug-likeness (QED) is 0.824. The Labute approximate surface area is 120 Å². The minimum absolute atomic E-state index is 0.0236. The maximum absolute atomic E-state index is 11.4. The van der Waals surface area contributed by atoms with E-state index in [1.807, 2.05) is 6.92 Å². The van der Waals surface area contributed by atoms with Crippen LogP contribution in [0.1, 0.15) is 30.9 Å². The van der Waals surface area contributed by atoms with E-state index in [-0.39, 0.29) is 5.91 Å². The molecule has 0 radical (unpaired) electrons. The van der Waals surface area contributed by atoms with Crippen LogP contribution in [0.25, 0.3) is 0 Å². The third-order valence-electron chi connectivity index (χ3n) is 3.69. The molecule has 4 nitrogen and oxygen atoms in total. The maximum Gasteiger partial charge on any atom is 0.220 e. The monoisotopic (exact) mass is 276 g/mol. The number of nitrogens with one attached hydrogen (secondary N) is 1. The lowest BCUT2D eigenvalue weighted by molar-refractivity contribution is -0.121. The average molecular weight is 276 g/mol. The van der Waals surface area contributed by atoms with E-state index in [1.165, 1.54) is 11.1 Å². The van der Waals surface area contributed by atoms with Gasteiger partial charge in [-0.25, -0.2) is 0 Å². The summed E-state index contributed by atoms with van der Waals surface area (Å²) in [5.74, 6) is 0.0236. The van der Waals surface area contributed by atoms with E-state index in [9.17, 15) is 9.90 Å². The molecule has 1 aliphatic heterocycles. The van der Waals surface area contributed by atoms with Crippen LogP contribution in [0.5, 0.6) is 0 Å². The number of nitrogens with zero attached hydrogens (tertiary/aromatic N) is 1. The zero-order valence-corrected chi connectivity index (χ0v) is 12.1. The van der Waals surface area contributed by atoms with E-state index in [0.29, 0.717) is 19.5 Å². The Hall–Kier alpha value is -1.39. The van der Waals surface area contributed by atoms with Gasteiger partial charge in [0.05, 0.1) is 6.10 Å². The van der Waals surface area contributed by atoms with Crippen LogP contribution in [0.4, 0.5) is 0 Å². The molecule has 2 N–H and O–H groups in total. The lowest BCUT2D eigenvalue weighted by atomic mass is 10.00. The number of β-amino-alcohol motifs (C(OH)–C–C–N with tert-alkyl or cyclic N) is 1. The number of aliphatic hydroxyl groups is 1. The van der Waals surface area contributed by atoms with Crippen molar-refractivity contribution in [1.82, 2.24) is 10.2 Å². The van der Waals surface area contributed by atoms with Gasteiger partial charge in [-0.3, -0.25) is 9.69 Å². The first-order valence-electron chi connectivity index (χ1n) is 7.43. The lowest BCUT2D eigenvalue weighted by Crippen LogP contribution is -2.41. The molecule has 0 bridgehead atoms. The molecule has 0 fully saturated rings. The van der Waals surface area contributed by atoms with Crippen molar-refractivity contribution in [2.45, 2.75) is 38.8 Å². The summed E-state index contributed by atoms with van der Waals surface area (Å²) in [6, 6.07) is 8.46. The summed E-state index contributed by atoms with van der Waals surface area (Å²) >= 11 is 0. The molecule has 1 aliphatic rings. The fraction of sp³-hybridized carbons (Fsp3) is 0.562. The number of hydrogen-bond acceptors (Lipinski definition) is 3. The number of benzene rings is 1. The molecule has 1 amide bonds. The minimum Gasteiger partial charge on any atom is -0.390 e. The summed E-state index contributed by atoms with van der Waals surface area (Å²) in [5.41, 5.74) is 2.76. The van der Waals surface area contributed by atoms with Crippen LogP contribution in [-0.2, 0) is 17.8 Å². The predicted octanol–water partition coefficient (Wildman–Crippen LogP) is 1.32. The summed E-state index contributed by atoms with van der Waals surface area (Å²) in [7, 11) is 0. The molecule has 1 aromatic rings. The highest BCUT2D eigenvalue weighted by Crippen LogP contribution is 2.18. The minimum atomic E-state index is -0.499. The second-order valence-electron chi connectivity index (χ2n) is 5.46. The molecule has 1 atom stereocenters. The molecule has 2 rings (SSSR count). The molecular weight excluding hydrogens is 252 g/mol. The van der Waals surface area contributed by atoms with Crippen molar-refractivity contribution in [2.75, 3.05) is 19.6 Å². The van der Waals surface area contributed by atoms with Gasteiger partial charge in [-0.1, -0.05) is 31.2 Å². The summed E-state index contributed by atoms with van der Waals surface area (Å²) < 4.78 is 0. The smallest absolute Gasteiger partial charge is 0.220 e. The van der Waals surface area contributed by atoms with Crippen LogP contribution in [0.3, 0.4) is 0 Å². The van der Waals surface area contributed by atoms with Gasteiger partial charge < -0.3 is 10.4 Å². The first kappa shape index (κ1) is 15.0. The summed E-state index contributed by atoms with van der Waals surface area (Å²) in [5, 5.41) is 12.8. The third kappa shape index (κ3) is 4.32. The standard InChI is InChI=1S/C16H24N2O2/c1-2-5-16(20)17-10-15(19)12-18-9-8-13-6-3-4-7-14(13)11-18/h3-4,6-7,15,19H,2,5,8-12H2,1H3,(H,17,20)/t15-/m1/s1. The van der Waals surface area contributed by atoms with Crippen LogP contribution in [-0.4, -0.2) is 41.7 Å². The average Bonchev–Trinajstić information content (AvgIpc) is 2.45. The fourth-order valence-electron chi connectivity index (χ4n) is 2.62. The van der Waals surface area contributed by atoms with Crippen molar-refractivity contribution in [3.8, 4) is 0 Å². The predicted molar refractivity (Wildman–Crippen MR) is 79.3 cm³/mol. The van der Waals surface area contributed by atoms with Crippen molar-refractivity contribution in [2.24, 2.45) is 0 Å². The van der Waals surface area contributed by atoms with Crippen molar-refractivity contribution >= 4 is 5.91 Å². The summed E-state index contributed by atoms with van der Waals surface area (Å²) in [6.45, 7) is 4.78. The van der Waals surface area contributed by atoms with Crippen LogP contribution in [0.15, 0.2) is 24.3 Å². The van der Waals surface area contributed by atoms with Crippen LogP contribution in [0, 0.1) is 0 Å². The Balaban J connectivity index is 1.76. The van der Waals surface area contributed by atoms with Gasteiger partial charge in [0.1, 0.15) is 0 Å². The van der Waals surface area contributed by atoms with E-state index in [1.54, 1.807) is 0 Å². The van der Waals surface area contributed by atoms with Gasteiger partial charge in [0.25, 0.3) is 0 Å². The van der Waals surface area contributed by atoms with Crippen molar-refractivity contribution in [3.63, 3.8) is 0 Å². The highest BCUT2D eigenvalue weighted by atomic mass is 16.3. The van der Waals surface area contributed by atoms with Crippen molar-refractivity contribution < 1.29 is 9.90 Å². The zero-order valence-electron chi connectivity index (χ0n) is 12.1. The molecule has 20 heavy (non-hydrogen) atoms. The normalized spacial score (nSPS) is 16.5. The number of carbonyl (C=O) groups excluding carboxylic acids is 1. The van der Waals surface area contributed by atoms with Crippen LogP contribution in [0.2, 0.25) is 0 Å². The Morgan fingerprint density at radius 3 is 2.90 bits per heavy atom. The van der Waals surface area contributed by atoms with Crippen molar-refractivity contribution in [1.29, 1.82) is 0 Å². The van der Waals surface area contributed by atoms with Crippen LogP contribution >= 0.6 is 0 Å². The number of carbonyl (C=O) groups is 1. The number of hydrogen-bond donors (Lipinski definition) is 2. The van der Waals surface area contributed by atoms with Crippen LogP contribution < -0.4 is 5.32 Å². The summed E-state index contributed by atoms with van der Waals surface area (Å²) in [4.78, 5) is 13.6. The molecule has 0 unspecified atom stereocenters. The second-order valence-corrected chi connectivity index (χ2v) is 5.46. The van der Waals surface area contributed by atoms with Gasteiger partial charge in [-0.2, -0.15) is 0 Å². The molecule has 1 aromatic carbocycles. The van der Waals surface area contributed by atoms with Gasteiger partial charge >= 0.3 is 0 Å². The topological polar surface area (TPSA) is 52.6 Å². The Morgan fingerprint density at radius 2 is 2.15 bits per heavy atom. The highest BCUT2D eigenvalue weighted by Gasteiger charge is 2.18. The lowest BCUT2D eigenvalue weighted by Gasteiger charge is -2.30. The van der Waals surface area contributed by atoms with E-state index in [2.05, 4.69) is 34.5 Å². The first-order chi connectivity index (χ1) is 9.69. The molecule has 0 aromatic heterocycles. The van der Waals surface area contributed by atoms with Crippen molar-refractivity contribution in [3.05, 3.63) is 35.4 Å². The molecule has 4 heteroatoms. The molecule has 0 saturated heterocycles. The van der Waals surface area contributed by atoms with E-state index in [0.717, 1.165) is 25.9 Å². The summed E-state index contributed by atoms with van der Waals surface area (Å²) in [6.07, 6.45) is 1.90. The molecule has 1 heterocycles. The first-order valence-corrected chi connectivity index (χ1v) is 7.43. The molecule has 0 spiro atoms. The number of amides is 1. The van der Waals surface area contributed by atoms with E-state index >= 15 is 0 Å². The third-order valence-corrected chi connectivity index (χ3v) is 3.69. The molecule has 0 saturated carbocycles. The molecule has 0 aliphatic carbocycles. The molecular formula is C16H24N2O2. The number of rotatable bonds is 6. The van der Waals surface area contributed by atoms with E-state index < -0.39 is 6.10 Å². The number of fused-ring (bicyclic) bond motifs is 1. The maximum atomic E-state index is 11.4. The van der Waals surface area contributed by atoms with Gasteiger partial charge in [-0.15, -0.1) is 0 Å². The Kier molecular flexibility index (Phi) is 5.56. The Morgan fingerprint density at radius 1 is 1.40 bits per heavy atom. The van der Waals surface area contributed by atoms with Gasteiger partial charge in [0.2, 0.25) is 5.91 Å². The highest BCUT2D eigenvalue weighted by molar-refractivity contribution is 5.75. The van der Waals surface area contributed by atoms with Gasteiger partial charge in [0.15, 0.2) is 0 Å². The van der Waals surface area contributed by atoms with Gasteiger partial charge in [-0.05, 0) is 24.0 Å². The number of aliphatic hydroxyl groups excluding tert-OH is 1. The SMILES string of the molecule is CCCC(=O)NC[C@@H](O)CN1CCc2ccccc2C1. The second kappa shape index (κ2) is 7.41. The molecule has 110 valence electrons. The zero-order chi connectivity index (χ0) is 14.4. The Bertz CT molecular complexity index is 448.